The molecular weight excluding hydrogens is 260 g/mol. The van der Waals surface area contributed by atoms with Gasteiger partial charge in [0.25, 0.3) is 0 Å². The highest BCUT2D eigenvalue weighted by atomic mass is 16.5. The van der Waals surface area contributed by atoms with Crippen LogP contribution in [0.4, 0.5) is 5.69 Å². The van der Waals surface area contributed by atoms with Crippen molar-refractivity contribution >= 4 is 5.69 Å². The first-order valence-electron chi connectivity index (χ1n) is 7.18. The second-order valence-electron chi connectivity index (χ2n) is 5.00. The molecule has 2 aromatic rings. The van der Waals surface area contributed by atoms with Gasteiger partial charge in [-0.25, -0.2) is 0 Å². The van der Waals surface area contributed by atoms with Crippen LogP contribution in [0.2, 0.25) is 0 Å². The van der Waals surface area contributed by atoms with Crippen molar-refractivity contribution < 1.29 is 4.74 Å². The van der Waals surface area contributed by atoms with E-state index in [0.29, 0.717) is 5.92 Å². The zero-order valence-corrected chi connectivity index (χ0v) is 12.3. The smallest absolute Gasteiger partial charge is 0.174 e. The molecule has 0 aromatic heterocycles. The Hall–Kier alpha value is -2.47. The van der Waals surface area contributed by atoms with Gasteiger partial charge >= 0.3 is 0 Å². The van der Waals surface area contributed by atoms with E-state index in [0.717, 1.165) is 24.4 Å². The van der Waals surface area contributed by atoms with Crippen LogP contribution in [0, 0.1) is 11.3 Å². The largest absolute Gasteiger partial charge is 0.479 e. The molecule has 1 unspecified atom stereocenters. The fourth-order valence-electron chi connectivity index (χ4n) is 2.17. The fraction of sp³-hybridized carbons (Fsp3) is 0.278. The summed E-state index contributed by atoms with van der Waals surface area (Å²) in [5, 5.41) is 11.9. The number of ether oxygens (including phenoxy) is 1. The summed E-state index contributed by atoms with van der Waals surface area (Å²) in [6, 6.07) is 20.2. The van der Waals surface area contributed by atoms with Crippen molar-refractivity contribution in [1.82, 2.24) is 0 Å². The lowest BCUT2D eigenvalue weighted by Gasteiger charge is -2.13. The van der Waals surface area contributed by atoms with Crippen LogP contribution in [-0.2, 0) is 0 Å². The summed E-state index contributed by atoms with van der Waals surface area (Å²) in [6.45, 7) is 3.26. The Morgan fingerprint density at radius 2 is 1.81 bits per heavy atom. The molecule has 0 saturated heterocycles. The Labute approximate surface area is 126 Å². The zero-order valence-electron chi connectivity index (χ0n) is 12.3. The van der Waals surface area contributed by atoms with Crippen molar-refractivity contribution in [3.63, 3.8) is 0 Å². The second-order valence-corrected chi connectivity index (χ2v) is 5.00. The normalized spacial score (nSPS) is 11.4. The minimum absolute atomic E-state index is 0.0847. The summed E-state index contributed by atoms with van der Waals surface area (Å²) in [5.74, 6) is 1.26. The molecular formula is C18H20N2O. The molecule has 108 valence electrons. The fourth-order valence-corrected chi connectivity index (χ4v) is 2.17. The van der Waals surface area contributed by atoms with E-state index in [2.05, 4.69) is 36.5 Å². The first kappa shape index (κ1) is 14.9. The molecule has 0 radical (unpaired) electrons. The van der Waals surface area contributed by atoms with Crippen molar-refractivity contribution in [1.29, 1.82) is 5.26 Å². The Kier molecular flexibility index (Phi) is 5.66. The average Bonchev–Trinajstić information content (AvgIpc) is 2.55. The predicted octanol–water partition coefficient (Wildman–Crippen LogP) is 4.19. The average molecular weight is 280 g/mol. The van der Waals surface area contributed by atoms with Crippen LogP contribution in [-0.4, -0.2) is 13.2 Å². The molecule has 21 heavy (non-hydrogen) atoms. The minimum Gasteiger partial charge on any atom is -0.479 e. The highest BCUT2D eigenvalue weighted by Crippen LogP contribution is 2.19. The number of benzene rings is 2. The quantitative estimate of drug-likeness (QED) is 0.827. The van der Waals surface area contributed by atoms with Crippen LogP contribution in [0.25, 0.3) is 0 Å². The molecule has 1 atom stereocenters. The van der Waals surface area contributed by atoms with E-state index in [4.69, 9.17) is 10.00 Å². The standard InChI is InChI=1S/C18H20N2O/c1-15(16-5-3-2-4-6-16)11-13-20-17-7-9-18(10-8-17)21-14-12-19/h2-10,15,20H,11,13-14H2,1H3. The Morgan fingerprint density at radius 1 is 1.10 bits per heavy atom. The van der Waals surface area contributed by atoms with Gasteiger partial charge in [-0.2, -0.15) is 5.26 Å². The summed E-state index contributed by atoms with van der Waals surface area (Å²) < 4.78 is 5.22. The van der Waals surface area contributed by atoms with Gasteiger partial charge in [-0.05, 0) is 42.2 Å². The van der Waals surface area contributed by atoms with Crippen LogP contribution >= 0.6 is 0 Å². The molecule has 0 aliphatic heterocycles. The first-order valence-corrected chi connectivity index (χ1v) is 7.18. The summed E-state index contributed by atoms with van der Waals surface area (Å²) >= 11 is 0. The molecule has 0 amide bonds. The number of rotatable bonds is 7. The van der Waals surface area contributed by atoms with E-state index < -0.39 is 0 Å². The molecule has 1 N–H and O–H groups in total. The van der Waals surface area contributed by atoms with Crippen molar-refractivity contribution in [3.05, 3.63) is 60.2 Å². The van der Waals surface area contributed by atoms with E-state index in [1.165, 1.54) is 5.56 Å². The number of anilines is 1. The molecule has 2 aromatic carbocycles. The zero-order chi connectivity index (χ0) is 14.9. The number of nitrogens with one attached hydrogen (secondary N) is 1. The van der Waals surface area contributed by atoms with Crippen LogP contribution < -0.4 is 10.1 Å². The summed E-state index contributed by atoms with van der Waals surface area (Å²) in [6.07, 6.45) is 1.08. The van der Waals surface area contributed by atoms with Crippen LogP contribution in [0.1, 0.15) is 24.8 Å². The van der Waals surface area contributed by atoms with Crippen LogP contribution in [0.3, 0.4) is 0 Å². The maximum atomic E-state index is 8.46. The maximum Gasteiger partial charge on any atom is 0.174 e. The maximum absolute atomic E-state index is 8.46. The monoisotopic (exact) mass is 280 g/mol. The number of hydrogen-bond acceptors (Lipinski definition) is 3. The predicted molar refractivity (Wildman–Crippen MR) is 85.5 cm³/mol. The summed E-state index contributed by atoms with van der Waals surface area (Å²) in [5.41, 5.74) is 2.44. The summed E-state index contributed by atoms with van der Waals surface area (Å²) in [7, 11) is 0. The van der Waals surface area contributed by atoms with Crippen LogP contribution in [0.15, 0.2) is 54.6 Å². The minimum atomic E-state index is 0.0847. The van der Waals surface area contributed by atoms with Gasteiger partial charge in [0, 0.05) is 12.2 Å². The Bertz CT molecular complexity index is 572. The van der Waals surface area contributed by atoms with E-state index in [9.17, 15) is 0 Å². The first-order chi connectivity index (χ1) is 10.3. The highest BCUT2D eigenvalue weighted by molar-refractivity contribution is 5.46. The van der Waals surface area contributed by atoms with Gasteiger partial charge in [-0.1, -0.05) is 37.3 Å². The molecule has 0 aliphatic rings. The van der Waals surface area contributed by atoms with Gasteiger partial charge in [0.15, 0.2) is 6.61 Å². The van der Waals surface area contributed by atoms with Crippen molar-refractivity contribution in [2.75, 3.05) is 18.5 Å². The van der Waals surface area contributed by atoms with Gasteiger partial charge < -0.3 is 10.1 Å². The molecule has 0 saturated carbocycles. The lowest BCUT2D eigenvalue weighted by atomic mass is 9.98. The van der Waals surface area contributed by atoms with E-state index in [-0.39, 0.29) is 6.61 Å². The lowest BCUT2D eigenvalue weighted by Crippen LogP contribution is -2.06. The van der Waals surface area contributed by atoms with Gasteiger partial charge in [-0.15, -0.1) is 0 Å². The van der Waals surface area contributed by atoms with Gasteiger partial charge in [0.2, 0.25) is 0 Å². The van der Waals surface area contributed by atoms with Gasteiger partial charge in [-0.3, -0.25) is 0 Å². The van der Waals surface area contributed by atoms with Crippen molar-refractivity contribution in [2.24, 2.45) is 0 Å². The van der Waals surface area contributed by atoms with Gasteiger partial charge in [0.05, 0.1) is 0 Å². The lowest BCUT2D eigenvalue weighted by molar-refractivity contribution is 0.368. The van der Waals surface area contributed by atoms with Gasteiger partial charge in [0.1, 0.15) is 11.8 Å². The molecule has 3 heteroatoms. The third kappa shape index (κ3) is 4.85. The molecule has 0 spiro atoms. The molecule has 3 nitrogen and oxygen atoms in total. The topological polar surface area (TPSA) is 45.0 Å². The van der Waals surface area contributed by atoms with Crippen LogP contribution in [0.5, 0.6) is 5.75 Å². The van der Waals surface area contributed by atoms with Crippen molar-refractivity contribution in [2.45, 2.75) is 19.3 Å². The van der Waals surface area contributed by atoms with E-state index in [1.54, 1.807) is 0 Å². The number of nitriles is 1. The number of nitrogens with zero attached hydrogens (tertiary/aromatic N) is 1. The Balaban J connectivity index is 1.77. The molecule has 0 heterocycles. The molecule has 2 rings (SSSR count). The van der Waals surface area contributed by atoms with Crippen molar-refractivity contribution in [3.8, 4) is 11.8 Å². The van der Waals surface area contributed by atoms with E-state index >= 15 is 0 Å². The second kappa shape index (κ2) is 7.96. The highest BCUT2D eigenvalue weighted by Gasteiger charge is 2.04. The summed E-state index contributed by atoms with van der Waals surface area (Å²) in [4.78, 5) is 0. The Morgan fingerprint density at radius 3 is 2.48 bits per heavy atom. The third-order valence-electron chi connectivity index (χ3n) is 3.43. The third-order valence-corrected chi connectivity index (χ3v) is 3.43. The molecule has 0 aliphatic carbocycles. The number of hydrogen-bond donors (Lipinski definition) is 1. The SMILES string of the molecule is CC(CCNc1ccc(OCC#N)cc1)c1ccccc1. The molecule has 0 fully saturated rings. The molecule has 0 bridgehead atoms. The van der Waals surface area contributed by atoms with E-state index in [1.807, 2.05) is 36.4 Å².